The monoisotopic (exact) mass is 413 g/mol. The summed E-state index contributed by atoms with van der Waals surface area (Å²) in [5.74, 6) is 1.09. The lowest BCUT2D eigenvalue weighted by Crippen LogP contribution is -2.53. The molecule has 0 amide bonds. The van der Waals surface area contributed by atoms with Crippen LogP contribution >= 0.6 is 12.2 Å². The number of nitrogens with one attached hydrogen (secondary N) is 3. The Labute approximate surface area is 178 Å². The average molecular weight is 414 g/mol. The summed E-state index contributed by atoms with van der Waals surface area (Å²) in [7, 11) is 0. The minimum absolute atomic E-state index is 0.627. The van der Waals surface area contributed by atoms with Crippen LogP contribution in [0.1, 0.15) is 12.5 Å². The molecule has 29 heavy (non-hydrogen) atoms. The van der Waals surface area contributed by atoms with Crippen molar-refractivity contribution in [2.75, 3.05) is 69.1 Å². The van der Waals surface area contributed by atoms with E-state index in [1.54, 1.807) is 0 Å². The number of fused-ring (bicyclic) bond motifs is 1. The first-order valence-corrected chi connectivity index (χ1v) is 10.9. The number of rotatable bonds is 4. The molecule has 0 unspecified atom stereocenters. The Hall–Kier alpha value is -2.00. The number of pyridine rings is 1. The molecule has 2 aromatic rings. The molecule has 0 atom stereocenters. The summed E-state index contributed by atoms with van der Waals surface area (Å²) in [5.41, 5.74) is 6.54. The van der Waals surface area contributed by atoms with E-state index in [9.17, 15) is 0 Å². The van der Waals surface area contributed by atoms with Crippen LogP contribution in [0.15, 0.2) is 24.3 Å². The van der Waals surface area contributed by atoms with E-state index in [2.05, 4.69) is 69.0 Å². The van der Waals surface area contributed by atoms with Crippen LogP contribution in [0.5, 0.6) is 0 Å². The van der Waals surface area contributed by atoms with Crippen LogP contribution in [-0.2, 0) is 0 Å². The lowest BCUT2D eigenvalue weighted by Gasteiger charge is -2.35. The molecule has 0 saturated carbocycles. The minimum atomic E-state index is 0.627. The van der Waals surface area contributed by atoms with Crippen molar-refractivity contribution in [3.8, 4) is 0 Å². The fourth-order valence-electron chi connectivity index (χ4n) is 3.99. The van der Waals surface area contributed by atoms with Crippen molar-refractivity contribution in [1.82, 2.24) is 25.6 Å². The SMILES string of the molecule is CCN1CCN(c2cc(C)c3cc(NC(=S)NN4CCNCC4)ccc3n2)CC1. The maximum Gasteiger partial charge on any atom is 0.185 e. The molecule has 0 radical (unpaired) electrons. The Balaban J connectivity index is 1.45. The first kappa shape index (κ1) is 20.3. The highest BCUT2D eigenvalue weighted by Crippen LogP contribution is 2.26. The van der Waals surface area contributed by atoms with Gasteiger partial charge in [-0.3, -0.25) is 5.43 Å². The second-order valence-corrected chi connectivity index (χ2v) is 8.16. The predicted octanol–water partition coefficient (Wildman–Crippen LogP) is 1.79. The Kier molecular flexibility index (Phi) is 6.44. The van der Waals surface area contributed by atoms with Gasteiger partial charge in [0.05, 0.1) is 5.52 Å². The maximum atomic E-state index is 5.49. The quantitative estimate of drug-likeness (QED) is 0.656. The van der Waals surface area contributed by atoms with Crippen LogP contribution in [0.4, 0.5) is 11.5 Å². The fourth-order valence-corrected chi connectivity index (χ4v) is 4.24. The third kappa shape index (κ3) is 4.95. The number of piperazine rings is 2. The number of anilines is 2. The fraction of sp³-hybridized carbons (Fsp3) is 0.524. The van der Waals surface area contributed by atoms with Gasteiger partial charge in [-0.15, -0.1) is 0 Å². The largest absolute Gasteiger partial charge is 0.354 e. The number of hydrazine groups is 1. The molecule has 2 fully saturated rings. The highest BCUT2D eigenvalue weighted by Gasteiger charge is 2.18. The molecule has 3 heterocycles. The molecule has 0 aliphatic carbocycles. The van der Waals surface area contributed by atoms with Crippen molar-refractivity contribution >= 4 is 39.7 Å². The molecule has 4 rings (SSSR count). The van der Waals surface area contributed by atoms with E-state index in [0.717, 1.165) is 81.3 Å². The highest BCUT2D eigenvalue weighted by atomic mass is 32.1. The molecule has 0 spiro atoms. The number of hydrogen-bond acceptors (Lipinski definition) is 6. The van der Waals surface area contributed by atoms with Crippen molar-refractivity contribution in [2.24, 2.45) is 0 Å². The van der Waals surface area contributed by atoms with E-state index >= 15 is 0 Å². The number of nitrogens with zero attached hydrogens (tertiary/aromatic N) is 4. The minimum Gasteiger partial charge on any atom is -0.354 e. The van der Waals surface area contributed by atoms with Crippen LogP contribution in [-0.4, -0.2) is 78.9 Å². The van der Waals surface area contributed by atoms with Gasteiger partial charge >= 0.3 is 0 Å². The summed E-state index contributed by atoms with van der Waals surface area (Å²) < 4.78 is 0. The summed E-state index contributed by atoms with van der Waals surface area (Å²) in [5, 5.41) is 10.6. The van der Waals surface area contributed by atoms with Gasteiger partial charge in [0.25, 0.3) is 0 Å². The van der Waals surface area contributed by atoms with Crippen molar-refractivity contribution in [3.05, 3.63) is 29.8 Å². The topological polar surface area (TPSA) is 58.7 Å². The maximum absolute atomic E-state index is 5.49. The zero-order chi connectivity index (χ0) is 20.2. The Bertz CT molecular complexity index is 857. The molecule has 7 nitrogen and oxygen atoms in total. The van der Waals surface area contributed by atoms with E-state index in [-0.39, 0.29) is 0 Å². The number of aromatic nitrogens is 1. The molecule has 2 saturated heterocycles. The van der Waals surface area contributed by atoms with Gasteiger partial charge in [0.15, 0.2) is 5.11 Å². The third-order valence-corrected chi connectivity index (χ3v) is 5.97. The normalized spacial score (nSPS) is 18.8. The molecular weight excluding hydrogens is 382 g/mol. The Morgan fingerprint density at radius 3 is 2.59 bits per heavy atom. The van der Waals surface area contributed by atoms with Gasteiger partial charge in [-0.05, 0) is 55.5 Å². The van der Waals surface area contributed by atoms with Crippen LogP contribution in [0.2, 0.25) is 0 Å². The smallest absolute Gasteiger partial charge is 0.185 e. The summed E-state index contributed by atoms with van der Waals surface area (Å²) in [4.78, 5) is 9.83. The van der Waals surface area contributed by atoms with Gasteiger partial charge in [0.1, 0.15) is 5.82 Å². The molecule has 8 heteroatoms. The lowest BCUT2D eigenvalue weighted by atomic mass is 10.1. The predicted molar refractivity (Wildman–Crippen MR) is 125 cm³/mol. The first-order valence-electron chi connectivity index (χ1n) is 10.5. The molecule has 0 bridgehead atoms. The number of hydrogen-bond donors (Lipinski definition) is 3. The molecule has 1 aromatic heterocycles. The summed E-state index contributed by atoms with van der Waals surface area (Å²) in [6, 6.07) is 8.50. The summed E-state index contributed by atoms with van der Waals surface area (Å²) in [6.07, 6.45) is 0. The first-order chi connectivity index (χ1) is 14.1. The summed E-state index contributed by atoms with van der Waals surface area (Å²) >= 11 is 5.49. The second-order valence-electron chi connectivity index (χ2n) is 7.75. The third-order valence-electron chi connectivity index (χ3n) is 5.78. The van der Waals surface area contributed by atoms with Crippen molar-refractivity contribution in [3.63, 3.8) is 0 Å². The van der Waals surface area contributed by atoms with E-state index in [0.29, 0.717) is 5.11 Å². The van der Waals surface area contributed by atoms with Crippen LogP contribution < -0.4 is 21.0 Å². The molecule has 3 N–H and O–H groups in total. The zero-order valence-electron chi connectivity index (χ0n) is 17.4. The zero-order valence-corrected chi connectivity index (χ0v) is 18.2. The van der Waals surface area contributed by atoms with Gasteiger partial charge in [0, 0.05) is 63.4 Å². The van der Waals surface area contributed by atoms with Crippen LogP contribution in [0.3, 0.4) is 0 Å². The average Bonchev–Trinajstić information content (AvgIpc) is 2.75. The van der Waals surface area contributed by atoms with Crippen LogP contribution in [0.25, 0.3) is 10.9 Å². The van der Waals surface area contributed by atoms with Gasteiger partial charge in [-0.2, -0.15) is 0 Å². The number of thiocarbonyl (C=S) groups is 1. The van der Waals surface area contributed by atoms with E-state index in [1.807, 2.05) is 0 Å². The van der Waals surface area contributed by atoms with Crippen LogP contribution in [0, 0.1) is 6.92 Å². The molecule has 1 aromatic carbocycles. The van der Waals surface area contributed by atoms with Gasteiger partial charge < -0.3 is 20.4 Å². The van der Waals surface area contributed by atoms with Crippen molar-refractivity contribution < 1.29 is 0 Å². The Morgan fingerprint density at radius 1 is 1.10 bits per heavy atom. The number of likely N-dealkylation sites (N-methyl/N-ethyl adjacent to an activating group) is 1. The number of benzene rings is 1. The van der Waals surface area contributed by atoms with E-state index < -0.39 is 0 Å². The molecule has 2 aliphatic rings. The van der Waals surface area contributed by atoms with Crippen molar-refractivity contribution in [1.29, 1.82) is 0 Å². The number of aryl methyl sites for hydroxylation is 1. The van der Waals surface area contributed by atoms with Gasteiger partial charge in [-0.1, -0.05) is 6.92 Å². The standard InChI is InChI=1S/C21H31N7S/c1-3-26-10-12-27(13-11-26)20-14-16(2)18-15-17(4-5-19(18)24-20)23-21(29)25-28-8-6-22-7-9-28/h4-5,14-15,22H,3,6-13H2,1-2H3,(H2,23,25,29). The molecular formula is C21H31N7S. The Morgan fingerprint density at radius 2 is 1.86 bits per heavy atom. The summed E-state index contributed by atoms with van der Waals surface area (Å²) in [6.45, 7) is 13.6. The van der Waals surface area contributed by atoms with E-state index in [1.165, 1.54) is 5.56 Å². The van der Waals surface area contributed by atoms with E-state index in [4.69, 9.17) is 17.2 Å². The molecule has 2 aliphatic heterocycles. The van der Waals surface area contributed by atoms with Gasteiger partial charge in [0.2, 0.25) is 0 Å². The highest BCUT2D eigenvalue weighted by molar-refractivity contribution is 7.80. The van der Waals surface area contributed by atoms with Gasteiger partial charge in [-0.25, -0.2) is 9.99 Å². The molecule has 156 valence electrons. The lowest BCUT2D eigenvalue weighted by molar-refractivity contribution is 0.207. The second kappa shape index (κ2) is 9.21. The van der Waals surface area contributed by atoms with Crippen molar-refractivity contribution in [2.45, 2.75) is 13.8 Å².